The molecule has 1 aromatic heterocycles. The van der Waals surface area contributed by atoms with Gasteiger partial charge in [-0.3, -0.25) is 0 Å². The summed E-state index contributed by atoms with van der Waals surface area (Å²) >= 11 is 0. The van der Waals surface area contributed by atoms with E-state index in [0.717, 1.165) is 11.4 Å². The molecule has 0 saturated heterocycles. The van der Waals surface area contributed by atoms with Crippen molar-refractivity contribution in [3.05, 3.63) is 66.9 Å². The molecule has 3 aromatic rings. The van der Waals surface area contributed by atoms with Crippen molar-refractivity contribution < 1.29 is 0 Å². The van der Waals surface area contributed by atoms with Crippen LogP contribution in [0.4, 0.5) is 0 Å². The number of rotatable bonds is 1. The van der Waals surface area contributed by atoms with Crippen molar-refractivity contribution in [2.45, 2.75) is 108 Å². The fraction of sp³-hybridized carbons (Fsp3) is 0.500. The Kier molecular flexibility index (Phi) is 5.44. The second kappa shape index (κ2) is 7.51. The molecule has 4 rings (SSSR count). The maximum absolute atomic E-state index is 4.74. The third-order valence-corrected chi connectivity index (χ3v) is 8.87. The highest BCUT2D eigenvalue weighted by Crippen LogP contribution is 2.57. The van der Waals surface area contributed by atoms with Crippen LogP contribution < -0.4 is 0 Å². The summed E-state index contributed by atoms with van der Waals surface area (Å²) in [4.78, 5) is 0. The van der Waals surface area contributed by atoms with E-state index in [1.54, 1.807) is 0 Å². The van der Waals surface area contributed by atoms with E-state index in [0.29, 0.717) is 0 Å². The first-order valence-electron chi connectivity index (χ1n) is 12.6. The van der Waals surface area contributed by atoms with E-state index in [1.165, 1.54) is 77.9 Å². The molecule has 0 bridgehead atoms. The Labute approximate surface area is 207 Å². The molecule has 180 valence electrons. The average molecular weight is 455 g/mol. The van der Waals surface area contributed by atoms with Crippen LogP contribution in [0.2, 0.25) is 0 Å². The summed E-state index contributed by atoms with van der Waals surface area (Å²) in [6.07, 6.45) is 0. The maximum atomic E-state index is 4.74. The minimum atomic E-state index is -0.0778. The zero-order valence-electron chi connectivity index (χ0n) is 23.9. The molecule has 0 saturated carbocycles. The number of aryl methyl sites for hydroxylation is 1. The van der Waals surface area contributed by atoms with E-state index < -0.39 is 0 Å². The minimum Gasteiger partial charge on any atom is -0.155 e. The highest BCUT2D eigenvalue weighted by molar-refractivity contribution is 5.93. The molecule has 0 atom stereocenters. The molecule has 0 spiro atoms. The van der Waals surface area contributed by atoms with E-state index in [1.807, 2.05) is 6.92 Å². The van der Waals surface area contributed by atoms with Crippen molar-refractivity contribution in [3.63, 3.8) is 0 Å². The maximum Gasteiger partial charge on any atom is 0.0967 e. The van der Waals surface area contributed by atoms with E-state index in [2.05, 4.69) is 95.1 Å². The number of aromatic nitrogens is 2. The zero-order chi connectivity index (χ0) is 25.7. The second-order valence-corrected chi connectivity index (χ2v) is 12.3. The molecule has 0 unspecified atom stereocenters. The highest BCUT2D eigenvalue weighted by Gasteiger charge is 2.43. The van der Waals surface area contributed by atoms with Crippen LogP contribution >= 0.6 is 0 Å². The van der Waals surface area contributed by atoms with Gasteiger partial charge in [-0.1, -0.05) is 34.6 Å². The van der Waals surface area contributed by atoms with Gasteiger partial charge in [0.2, 0.25) is 0 Å². The molecule has 2 heteroatoms. The lowest BCUT2D eigenvalue weighted by Gasteiger charge is -2.32. The average Bonchev–Trinajstić information content (AvgIpc) is 2.97. The monoisotopic (exact) mass is 454 g/mol. The molecule has 0 amide bonds. The molecule has 2 nitrogen and oxygen atoms in total. The molecule has 1 aliphatic carbocycles. The SMILES string of the molecule is Cc1nnc(-c2c(C)c(C)c3c(c2C)C(C)(C)c2c(C)c(C(C)(C)C)c(C)c(C)c2-3)c(C)c1C. The minimum absolute atomic E-state index is 0.0778. The Balaban J connectivity index is 2.19. The Morgan fingerprint density at radius 1 is 0.500 bits per heavy atom. The van der Waals surface area contributed by atoms with Gasteiger partial charge in [0.1, 0.15) is 0 Å². The van der Waals surface area contributed by atoms with Gasteiger partial charge < -0.3 is 0 Å². The van der Waals surface area contributed by atoms with Crippen LogP contribution in [-0.4, -0.2) is 10.2 Å². The first kappa shape index (κ1) is 24.6. The summed E-state index contributed by atoms with van der Waals surface area (Å²) < 4.78 is 0. The number of benzene rings is 2. The van der Waals surface area contributed by atoms with Gasteiger partial charge in [-0.2, -0.15) is 5.10 Å². The van der Waals surface area contributed by atoms with Crippen molar-refractivity contribution in [2.75, 3.05) is 0 Å². The second-order valence-electron chi connectivity index (χ2n) is 12.3. The van der Waals surface area contributed by atoms with Gasteiger partial charge in [-0.15, -0.1) is 5.10 Å². The fourth-order valence-electron chi connectivity index (χ4n) is 7.07. The molecule has 34 heavy (non-hydrogen) atoms. The summed E-state index contributed by atoms with van der Waals surface area (Å²) in [5, 5.41) is 9.27. The summed E-state index contributed by atoms with van der Waals surface area (Å²) in [6.45, 7) is 32.2. The molecular weight excluding hydrogens is 412 g/mol. The molecule has 1 heterocycles. The van der Waals surface area contributed by atoms with Gasteiger partial charge in [0.25, 0.3) is 0 Å². The standard InChI is InChI=1S/C32H42N2/c1-15-20(6)30(34-33-23(15)9)24-16(2)17(3)25-26-18(4)19(5)27(31(10,11)12)22(8)29(26)32(13,14)28(25)21(24)7/h1-14H3. The largest absolute Gasteiger partial charge is 0.155 e. The molecular formula is C32H42N2. The van der Waals surface area contributed by atoms with Gasteiger partial charge in [-0.25, -0.2) is 0 Å². The summed E-state index contributed by atoms with van der Waals surface area (Å²) in [7, 11) is 0. The lowest BCUT2D eigenvalue weighted by atomic mass is 9.72. The molecule has 0 fully saturated rings. The van der Waals surface area contributed by atoms with Crippen LogP contribution in [0.5, 0.6) is 0 Å². The van der Waals surface area contributed by atoms with E-state index in [-0.39, 0.29) is 10.8 Å². The highest BCUT2D eigenvalue weighted by atomic mass is 15.1. The molecule has 1 aliphatic rings. The molecule has 2 aromatic carbocycles. The fourth-order valence-corrected chi connectivity index (χ4v) is 7.07. The zero-order valence-corrected chi connectivity index (χ0v) is 23.9. The Morgan fingerprint density at radius 2 is 0.971 bits per heavy atom. The molecule has 0 aliphatic heterocycles. The number of nitrogens with zero attached hydrogens (tertiary/aromatic N) is 2. The summed E-state index contributed by atoms with van der Waals surface area (Å²) in [5.74, 6) is 0. The Bertz CT molecular complexity index is 1380. The normalized spacial score (nSPS) is 14.4. The van der Waals surface area contributed by atoms with Crippen LogP contribution in [0.15, 0.2) is 0 Å². The van der Waals surface area contributed by atoms with Crippen molar-refractivity contribution >= 4 is 0 Å². The first-order chi connectivity index (χ1) is 15.5. The number of hydrogen-bond donors (Lipinski definition) is 0. The number of fused-ring (bicyclic) bond motifs is 3. The van der Waals surface area contributed by atoms with Crippen molar-refractivity contribution in [1.29, 1.82) is 0 Å². The first-order valence-corrected chi connectivity index (χ1v) is 12.6. The predicted molar refractivity (Wildman–Crippen MR) is 146 cm³/mol. The smallest absolute Gasteiger partial charge is 0.0967 e. The lowest BCUT2D eigenvalue weighted by molar-refractivity contribution is 0.573. The van der Waals surface area contributed by atoms with Gasteiger partial charge in [-0.05, 0) is 140 Å². The van der Waals surface area contributed by atoms with Gasteiger partial charge in [0, 0.05) is 11.0 Å². The van der Waals surface area contributed by atoms with Gasteiger partial charge in [0.05, 0.1) is 11.4 Å². The van der Waals surface area contributed by atoms with Crippen LogP contribution in [0.3, 0.4) is 0 Å². The predicted octanol–water partition coefficient (Wildman–Crippen LogP) is 8.52. The third kappa shape index (κ3) is 3.06. The summed E-state index contributed by atoms with van der Waals surface area (Å²) in [5.41, 5.74) is 21.7. The van der Waals surface area contributed by atoms with Gasteiger partial charge >= 0.3 is 0 Å². The Hall–Kier alpha value is -2.48. The van der Waals surface area contributed by atoms with Crippen molar-refractivity contribution in [1.82, 2.24) is 10.2 Å². The van der Waals surface area contributed by atoms with Crippen LogP contribution in [0.25, 0.3) is 22.4 Å². The molecule has 0 radical (unpaired) electrons. The van der Waals surface area contributed by atoms with E-state index in [4.69, 9.17) is 5.10 Å². The van der Waals surface area contributed by atoms with E-state index in [9.17, 15) is 0 Å². The topological polar surface area (TPSA) is 25.8 Å². The quantitative estimate of drug-likeness (QED) is 0.368. The van der Waals surface area contributed by atoms with Crippen molar-refractivity contribution in [3.8, 4) is 22.4 Å². The van der Waals surface area contributed by atoms with Crippen molar-refractivity contribution in [2.24, 2.45) is 0 Å². The molecule has 0 N–H and O–H groups in total. The van der Waals surface area contributed by atoms with Crippen LogP contribution in [-0.2, 0) is 10.8 Å². The number of hydrogen-bond acceptors (Lipinski definition) is 2. The Morgan fingerprint density at radius 3 is 1.50 bits per heavy atom. The van der Waals surface area contributed by atoms with Gasteiger partial charge in [0.15, 0.2) is 0 Å². The summed E-state index contributed by atoms with van der Waals surface area (Å²) in [6, 6.07) is 0. The van der Waals surface area contributed by atoms with Crippen LogP contribution in [0, 0.1) is 62.3 Å². The van der Waals surface area contributed by atoms with Crippen LogP contribution in [0.1, 0.15) is 102 Å². The van der Waals surface area contributed by atoms with E-state index >= 15 is 0 Å². The lowest BCUT2D eigenvalue weighted by Crippen LogP contribution is -2.23. The third-order valence-electron chi connectivity index (χ3n) is 8.87.